The molecule has 1 saturated heterocycles. The highest BCUT2D eigenvalue weighted by Crippen LogP contribution is 2.33. The zero-order valence-corrected chi connectivity index (χ0v) is 12.1. The van der Waals surface area contributed by atoms with Gasteiger partial charge in [0.2, 0.25) is 5.91 Å². The van der Waals surface area contributed by atoms with Crippen LogP contribution in [0.4, 0.5) is 5.13 Å². The molecule has 1 fully saturated rings. The van der Waals surface area contributed by atoms with E-state index in [-0.39, 0.29) is 17.1 Å². The number of thiazole rings is 1. The molecular weight excluding hydrogens is 262 g/mol. The quantitative estimate of drug-likeness (QED) is 0.810. The molecule has 2 rings (SSSR count). The number of anilines is 1. The molecule has 0 aromatic carbocycles. The summed E-state index contributed by atoms with van der Waals surface area (Å²) in [4.78, 5) is 27.8. The van der Waals surface area contributed by atoms with E-state index < -0.39 is 0 Å². The molecule has 1 aromatic heterocycles. The van der Waals surface area contributed by atoms with Crippen molar-refractivity contribution in [2.24, 2.45) is 5.41 Å². The van der Waals surface area contributed by atoms with Gasteiger partial charge in [-0.15, -0.1) is 11.3 Å². The smallest absolute Gasteiger partial charge is 0.233 e. The first-order valence-electron chi connectivity index (χ1n) is 6.56. The molecule has 1 aliphatic rings. The first-order valence-corrected chi connectivity index (χ1v) is 7.44. The molecular formula is C13H19N3O2S. The number of carbonyl (C=O) groups excluding carboxylic acids is 2. The van der Waals surface area contributed by atoms with E-state index in [1.54, 1.807) is 5.38 Å². The topological polar surface area (TPSA) is 71.1 Å². The summed E-state index contributed by atoms with van der Waals surface area (Å²) in [6.07, 6.45) is 2.71. The summed E-state index contributed by atoms with van der Waals surface area (Å²) in [5.74, 6) is -0.0636. The molecule has 1 atom stereocenters. The molecule has 104 valence electrons. The molecule has 0 aliphatic carbocycles. The predicted molar refractivity (Wildman–Crippen MR) is 75.6 cm³/mol. The van der Waals surface area contributed by atoms with Gasteiger partial charge in [-0.2, -0.15) is 0 Å². The third-order valence-electron chi connectivity index (χ3n) is 3.54. The van der Waals surface area contributed by atoms with Crippen molar-refractivity contribution in [3.8, 4) is 0 Å². The normalized spacial score (nSPS) is 22.4. The van der Waals surface area contributed by atoms with Crippen LogP contribution in [0.5, 0.6) is 0 Å². The molecule has 5 nitrogen and oxygen atoms in total. The van der Waals surface area contributed by atoms with Crippen molar-refractivity contribution in [1.29, 1.82) is 0 Å². The van der Waals surface area contributed by atoms with Gasteiger partial charge in [0.15, 0.2) is 10.9 Å². The summed E-state index contributed by atoms with van der Waals surface area (Å²) < 4.78 is 0. The summed E-state index contributed by atoms with van der Waals surface area (Å²) >= 11 is 1.30. The number of carbonyl (C=O) groups is 2. The maximum atomic E-state index is 12.4. The van der Waals surface area contributed by atoms with E-state index >= 15 is 0 Å². The van der Waals surface area contributed by atoms with E-state index in [2.05, 4.69) is 22.5 Å². The Hall–Kier alpha value is -1.27. The van der Waals surface area contributed by atoms with Crippen molar-refractivity contribution in [3.63, 3.8) is 0 Å². The summed E-state index contributed by atoms with van der Waals surface area (Å²) in [6.45, 7) is 5.16. The molecule has 0 saturated carbocycles. The van der Waals surface area contributed by atoms with E-state index in [4.69, 9.17) is 0 Å². The molecule has 1 unspecified atom stereocenters. The van der Waals surface area contributed by atoms with Crippen LogP contribution in [-0.2, 0) is 4.79 Å². The second kappa shape index (κ2) is 5.79. The van der Waals surface area contributed by atoms with Crippen LogP contribution in [-0.4, -0.2) is 29.8 Å². The van der Waals surface area contributed by atoms with E-state index in [9.17, 15) is 9.59 Å². The van der Waals surface area contributed by atoms with Gasteiger partial charge in [0.05, 0.1) is 5.41 Å². The van der Waals surface area contributed by atoms with Crippen LogP contribution < -0.4 is 10.6 Å². The minimum Gasteiger partial charge on any atom is -0.316 e. The lowest BCUT2D eigenvalue weighted by Gasteiger charge is -2.25. The number of hydrogen-bond acceptors (Lipinski definition) is 5. The van der Waals surface area contributed by atoms with Gasteiger partial charge in [0.25, 0.3) is 0 Å². The third-order valence-corrected chi connectivity index (χ3v) is 4.30. The minimum absolute atomic E-state index is 0.0174. The second-order valence-electron chi connectivity index (χ2n) is 5.01. The highest BCUT2D eigenvalue weighted by molar-refractivity contribution is 7.14. The van der Waals surface area contributed by atoms with Crippen LogP contribution in [0.1, 0.15) is 43.6 Å². The molecule has 0 bridgehead atoms. The summed E-state index contributed by atoms with van der Waals surface area (Å²) in [6, 6.07) is 0. The molecule has 1 aromatic rings. The van der Waals surface area contributed by atoms with E-state index in [0.29, 0.717) is 10.8 Å². The number of rotatable bonds is 5. The van der Waals surface area contributed by atoms with Gasteiger partial charge >= 0.3 is 0 Å². The van der Waals surface area contributed by atoms with E-state index in [1.165, 1.54) is 18.3 Å². The van der Waals surface area contributed by atoms with Crippen molar-refractivity contribution >= 4 is 28.2 Å². The SMILES string of the molecule is CCCC1(C(=O)Nc2nc(C(C)=O)cs2)CCNC1. The van der Waals surface area contributed by atoms with E-state index in [0.717, 1.165) is 32.4 Å². The number of aromatic nitrogens is 1. The predicted octanol–water partition coefficient (Wildman–Crippen LogP) is 2.06. The highest BCUT2D eigenvalue weighted by atomic mass is 32.1. The lowest BCUT2D eigenvalue weighted by molar-refractivity contribution is -0.125. The maximum absolute atomic E-state index is 12.4. The van der Waals surface area contributed by atoms with Crippen LogP contribution in [0.25, 0.3) is 0 Å². The number of nitrogens with zero attached hydrogens (tertiary/aromatic N) is 1. The first-order chi connectivity index (χ1) is 9.07. The number of ketones is 1. The van der Waals surface area contributed by atoms with Gasteiger partial charge in [0, 0.05) is 18.8 Å². The zero-order valence-electron chi connectivity index (χ0n) is 11.3. The monoisotopic (exact) mass is 281 g/mol. The van der Waals surface area contributed by atoms with Gasteiger partial charge in [-0.1, -0.05) is 13.3 Å². The van der Waals surface area contributed by atoms with Crippen LogP contribution in [0.2, 0.25) is 0 Å². The van der Waals surface area contributed by atoms with Crippen molar-refractivity contribution in [1.82, 2.24) is 10.3 Å². The highest BCUT2D eigenvalue weighted by Gasteiger charge is 2.40. The van der Waals surface area contributed by atoms with Gasteiger partial charge in [-0.25, -0.2) is 4.98 Å². The molecule has 0 spiro atoms. The summed E-state index contributed by atoms with van der Waals surface area (Å²) in [7, 11) is 0. The largest absolute Gasteiger partial charge is 0.316 e. The van der Waals surface area contributed by atoms with Gasteiger partial charge in [-0.05, 0) is 19.4 Å². The van der Waals surface area contributed by atoms with Gasteiger partial charge in [-0.3, -0.25) is 9.59 Å². The van der Waals surface area contributed by atoms with Gasteiger partial charge < -0.3 is 10.6 Å². The minimum atomic E-state index is -0.323. The third kappa shape index (κ3) is 3.01. The average molecular weight is 281 g/mol. The van der Waals surface area contributed by atoms with Gasteiger partial charge in [0.1, 0.15) is 5.69 Å². The Morgan fingerprint density at radius 3 is 2.89 bits per heavy atom. The Labute approximate surface area is 116 Å². The fourth-order valence-corrected chi connectivity index (χ4v) is 3.21. The standard InChI is InChI=1S/C13H19N3O2S/c1-3-4-13(5-6-14-8-13)11(18)16-12-15-10(7-19-12)9(2)17/h7,14H,3-6,8H2,1-2H3,(H,15,16,18). The Kier molecular flexibility index (Phi) is 4.31. The van der Waals surface area contributed by atoms with Crippen LogP contribution in [0, 0.1) is 5.41 Å². The lowest BCUT2D eigenvalue weighted by Crippen LogP contribution is -2.38. The maximum Gasteiger partial charge on any atom is 0.233 e. The molecule has 2 heterocycles. The molecule has 6 heteroatoms. The van der Waals surface area contributed by atoms with Crippen molar-refractivity contribution in [3.05, 3.63) is 11.1 Å². The van der Waals surface area contributed by atoms with Crippen LogP contribution >= 0.6 is 11.3 Å². The first kappa shape index (κ1) is 14.1. The summed E-state index contributed by atoms with van der Waals surface area (Å²) in [5, 5.41) is 8.31. The Balaban J connectivity index is 2.08. The molecule has 19 heavy (non-hydrogen) atoms. The van der Waals surface area contributed by atoms with Crippen LogP contribution in [0.3, 0.4) is 0 Å². The Bertz CT molecular complexity index is 478. The number of nitrogens with one attached hydrogen (secondary N) is 2. The van der Waals surface area contributed by atoms with Crippen LogP contribution in [0.15, 0.2) is 5.38 Å². The number of hydrogen-bond donors (Lipinski definition) is 2. The van der Waals surface area contributed by atoms with Crippen molar-refractivity contribution in [2.45, 2.75) is 33.1 Å². The second-order valence-corrected chi connectivity index (χ2v) is 5.86. The fraction of sp³-hybridized carbons (Fsp3) is 0.615. The zero-order chi connectivity index (χ0) is 13.9. The molecule has 1 amide bonds. The summed E-state index contributed by atoms with van der Waals surface area (Å²) in [5.41, 5.74) is 0.0889. The lowest BCUT2D eigenvalue weighted by atomic mass is 9.81. The van der Waals surface area contributed by atoms with Crippen molar-refractivity contribution < 1.29 is 9.59 Å². The molecule has 1 aliphatic heterocycles. The Morgan fingerprint density at radius 2 is 2.37 bits per heavy atom. The molecule has 0 radical (unpaired) electrons. The molecule has 2 N–H and O–H groups in total. The Morgan fingerprint density at radius 1 is 1.58 bits per heavy atom. The van der Waals surface area contributed by atoms with Crippen molar-refractivity contribution in [2.75, 3.05) is 18.4 Å². The fourth-order valence-electron chi connectivity index (χ4n) is 2.47. The number of amides is 1. The number of Topliss-reactive ketones (excluding diaryl/α,β-unsaturated/α-hetero) is 1. The van der Waals surface area contributed by atoms with E-state index in [1.807, 2.05) is 0 Å². The average Bonchev–Trinajstić information content (AvgIpc) is 2.99.